The Labute approximate surface area is 212 Å². The summed E-state index contributed by atoms with van der Waals surface area (Å²) in [7, 11) is 2.46. The molecule has 2 aliphatic rings. The highest BCUT2D eigenvalue weighted by atomic mass is 19.4. The van der Waals surface area contributed by atoms with E-state index in [0.717, 1.165) is 11.9 Å². The van der Waals surface area contributed by atoms with Crippen LogP contribution >= 0.6 is 0 Å². The fourth-order valence-electron chi connectivity index (χ4n) is 4.62. The van der Waals surface area contributed by atoms with Gasteiger partial charge in [-0.2, -0.15) is 26.3 Å². The molecule has 2 amide bonds. The minimum absolute atomic E-state index is 0.0103. The zero-order valence-electron chi connectivity index (χ0n) is 20.1. The molecule has 2 aliphatic heterocycles. The Balaban J connectivity index is 1.66. The summed E-state index contributed by atoms with van der Waals surface area (Å²) < 4.78 is 98.5. The van der Waals surface area contributed by atoms with Crippen molar-refractivity contribution in [2.75, 3.05) is 38.7 Å². The van der Waals surface area contributed by atoms with Crippen molar-refractivity contribution >= 4 is 17.7 Å². The van der Waals surface area contributed by atoms with Gasteiger partial charge in [-0.3, -0.25) is 4.90 Å². The normalized spacial score (nSPS) is 19.9. The van der Waals surface area contributed by atoms with E-state index in [9.17, 15) is 40.3 Å². The van der Waals surface area contributed by atoms with Crippen molar-refractivity contribution < 1.29 is 45.1 Å². The van der Waals surface area contributed by atoms with E-state index in [1.165, 1.54) is 42.3 Å². The van der Waals surface area contributed by atoms with Gasteiger partial charge in [0.15, 0.2) is 0 Å². The van der Waals surface area contributed by atoms with E-state index < -0.39 is 58.9 Å². The molecule has 0 aromatic heterocycles. The van der Waals surface area contributed by atoms with Crippen LogP contribution in [0.2, 0.25) is 0 Å². The molecule has 0 spiro atoms. The summed E-state index contributed by atoms with van der Waals surface area (Å²) in [6, 6.07) is 5.01. The lowest BCUT2D eigenvalue weighted by atomic mass is 9.93. The van der Waals surface area contributed by atoms with Crippen molar-refractivity contribution in [2.45, 2.75) is 24.3 Å². The molecule has 0 bridgehead atoms. The largest absolute Gasteiger partial charge is 0.456 e. The van der Waals surface area contributed by atoms with Crippen LogP contribution in [0.1, 0.15) is 22.6 Å². The van der Waals surface area contributed by atoms with Gasteiger partial charge in [-0.25, -0.2) is 14.0 Å². The van der Waals surface area contributed by atoms with Crippen LogP contribution in [-0.4, -0.2) is 61.6 Å². The molecule has 204 valence electrons. The first-order valence-electron chi connectivity index (χ1n) is 11.3. The van der Waals surface area contributed by atoms with Gasteiger partial charge in [0.2, 0.25) is 0 Å². The molecule has 0 saturated carbocycles. The Morgan fingerprint density at radius 2 is 1.53 bits per heavy atom. The van der Waals surface area contributed by atoms with Gasteiger partial charge >= 0.3 is 24.4 Å². The summed E-state index contributed by atoms with van der Waals surface area (Å²) in [5, 5.41) is 0. The minimum atomic E-state index is -5.07. The minimum Gasteiger partial charge on any atom is -0.456 e. The molecule has 1 saturated heterocycles. The Morgan fingerprint density at radius 1 is 0.947 bits per heavy atom. The highest BCUT2D eigenvalue weighted by molar-refractivity contribution is 5.92. The number of rotatable bonds is 4. The molecule has 2 unspecified atom stereocenters. The van der Waals surface area contributed by atoms with Crippen LogP contribution in [0.4, 0.5) is 41.2 Å². The van der Waals surface area contributed by atoms with Crippen molar-refractivity contribution in [3.8, 4) is 0 Å². The third kappa shape index (κ3) is 5.55. The lowest BCUT2D eigenvalue weighted by Gasteiger charge is -2.33. The maximum Gasteiger partial charge on any atom is 0.416 e. The third-order valence-electron chi connectivity index (χ3n) is 6.69. The molecule has 38 heavy (non-hydrogen) atoms. The van der Waals surface area contributed by atoms with Crippen molar-refractivity contribution in [1.29, 1.82) is 0 Å². The zero-order valence-corrected chi connectivity index (χ0v) is 20.1. The van der Waals surface area contributed by atoms with E-state index in [-0.39, 0.29) is 19.2 Å². The quantitative estimate of drug-likeness (QED) is 0.389. The number of ether oxygens (including phenoxy) is 1. The van der Waals surface area contributed by atoms with Crippen LogP contribution in [-0.2, 0) is 21.9 Å². The van der Waals surface area contributed by atoms with Gasteiger partial charge in [0.25, 0.3) is 0 Å². The lowest BCUT2D eigenvalue weighted by Crippen LogP contribution is -2.47. The second-order valence-corrected chi connectivity index (χ2v) is 9.09. The van der Waals surface area contributed by atoms with Crippen molar-refractivity contribution in [1.82, 2.24) is 9.80 Å². The Bertz CT molecular complexity index is 1230. The van der Waals surface area contributed by atoms with Gasteiger partial charge in [-0.1, -0.05) is 12.1 Å². The fourth-order valence-corrected chi connectivity index (χ4v) is 4.62. The van der Waals surface area contributed by atoms with Crippen LogP contribution < -0.4 is 4.90 Å². The first-order valence-corrected chi connectivity index (χ1v) is 11.3. The van der Waals surface area contributed by atoms with Gasteiger partial charge in [-0.05, 0) is 35.9 Å². The topological polar surface area (TPSA) is 53.1 Å². The molecule has 2 aromatic carbocycles. The number of likely N-dealkylation sites (N-methyl/N-ethyl adjacent to an activating group) is 1. The second kappa shape index (κ2) is 9.84. The number of hydrogen-bond acceptors (Lipinski definition) is 4. The van der Waals surface area contributed by atoms with E-state index >= 15 is 0 Å². The molecule has 2 aromatic rings. The fraction of sp³-hybridized carbons (Fsp3) is 0.360. The molecule has 2 heterocycles. The smallest absolute Gasteiger partial charge is 0.416 e. The Kier molecular flexibility index (Phi) is 7.06. The molecule has 0 radical (unpaired) electrons. The van der Waals surface area contributed by atoms with Crippen LogP contribution in [0.15, 0.2) is 54.2 Å². The average Bonchev–Trinajstić information content (AvgIpc) is 3.48. The number of carbonyl (C=O) groups excluding carboxylic acids is 2. The SMILES string of the molecule is CN(C(=O)N(C)C1CN(C2=CC(=O)OC2)CC1c1ccc(F)cc1)c1cc(C(F)(F)F)cc(C(F)(F)F)c1. The monoisotopic (exact) mass is 545 g/mol. The van der Waals surface area contributed by atoms with Crippen molar-refractivity contribution in [3.05, 3.63) is 76.7 Å². The number of hydrogen-bond donors (Lipinski definition) is 0. The van der Waals surface area contributed by atoms with E-state index in [4.69, 9.17) is 4.74 Å². The molecule has 2 atom stereocenters. The van der Waals surface area contributed by atoms with Crippen LogP contribution in [0.3, 0.4) is 0 Å². The van der Waals surface area contributed by atoms with Gasteiger partial charge in [-0.15, -0.1) is 0 Å². The van der Waals surface area contributed by atoms with E-state index in [1.54, 1.807) is 4.90 Å². The number of anilines is 1. The standard InChI is InChI=1S/C25H22F7N3O3/c1-33(18-8-15(24(27,28)29)7-16(9-18)25(30,31)32)23(37)34(2)21-12-35(19-10-22(36)38-13-19)11-20(21)14-3-5-17(26)6-4-14/h3-10,20-21H,11-13H2,1-2H3. The maximum atomic E-state index is 13.5. The molecule has 0 N–H and O–H groups in total. The Hall–Kier alpha value is -3.77. The molecule has 13 heteroatoms. The lowest BCUT2D eigenvalue weighted by molar-refractivity contribution is -0.143. The second-order valence-electron chi connectivity index (χ2n) is 9.09. The van der Waals surface area contributed by atoms with Crippen LogP contribution in [0.25, 0.3) is 0 Å². The number of nitrogens with zero attached hydrogens (tertiary/aromatic N) is 3. The molecular weight excluding hydrogens is 523 g/mol. The number of benzene rings is 2. The van der Waals surface area contributed by atoms with Crippen molar-refractivity contribution in [3.63, 3.8) is 0 Å². The molecule has 0 aliphatic carbocycles. The first-order chi connectivity index (χ1) is 17.6. The summed E-state index contributed by atoms with van der Waals surface area (Å²) in [4.78, 5) is 28.7. The summed E-state index contributed by atoms with van der Waals surface area (Å²) >= 11 is 0. The summed E-state index contributed by atoms with van der Waals surface area (Å²) in [5.74, 6) is -1.43. The molecule has 1 fully saturated rings. The number of likely N-dealkylation sites (tertiary alicyclic amines) is 1. The summed E-state index contributed by atoms with van der Waals surface area (Å²) in [5.41, 5.74) is -2.45. The number of halogens is 7. The third-order valence-corrected chi connectivity index (χ3v) is 6.69. The van der Waals surface area contributed by atoms with Crippen LogP contribution in [0.5, 0.6) is 0 Å². The maximum absolute atomic E-state index is 13.5. The number of carbonyl (C=O) groups is 2. The highest BCUT2D eigenvalue weighted by Gasteiger charge is 2.42. The van der Waals surface area contributed by atoms with Gasteiger partial charge in [0, 0.05) is 44.9 Å². The summed E-state index contributed by atoms with van der Waals surface area (Å²) in [6.45, 7) is 0.516. The van der Waals surface area contributed by atoms with Crippen LogP contribution in [0, 0.1) is 5.82 Å². The van der Waals surface area contributed by atoms with E-state index in [1.807, 2.05) is 0 Å². The number of cyclic esters (lactones) is 1. The molecule has 4 rings (SSSR count). The average molecular weight is 545 g/mol. The Morgan fingerprint density at radius 3 is 2.03 bits per heavy atom. The van der Waals surface area contributed by atoms with Gasteiger partial charge in [0.05, 0.1) is 22.9 Å². The predicted octanol–water partition coefficient (Wildman–Crippen LogP) is 5.26. The summed E-state index contributed by atoms with van der Waals surface area (Å²) in [6.07, 6.45) is -8.83. The highest BCUT2D eigenvalue weighted by Crippen LogP contribution is 2.39. The number of alkyl halides is 6. The van der Waals surface area contributed by atoms with Gasteiger partial charge in [0.1, 0.15) is 12.4 Å². The molecular formula is C25H22F7N3O3. The number of amides is 2. The zero-order chi connectivity index (χ0) is 28.0. The van der Waals surface area contributed by atoms with Gasteiger partial charge < -0.3 is 14.5 Å². The predicted molar refractivity (Wildman–Crippen MR) is 122 cm³/mol. The molecule has 6 nitrogen and oxygen atoms in total. The van der Waals surface area contributed by atoms with Crippen molar-refractivity contribution in [2.24, 2.45) is 0 Å². The first kappa shape index (κ1) is 27.3. The number of esters is 1. The number of urea groups is 1. The van der Waals surface area contributed by atoms with E-state index in [2.05, 4.69) is 0 Å². The van der Waals surface area contributed by atoms with E-state index in [0.29, 0.717) is 29.9 Å².